The molecule has 1 aromatic rings. The smallest absolute Gasteiger partial charge is 0.255 e. The Morgan fingerprint density at radius 2 is 1.95 bits per heavy atom. The van der Waals surface area contributed by atoms with Gasteiger partial charge in [0.25, 0.3) is 5.91 Å². The maximum atomic E-state index is 12.5. The lowest BCUT2D eigenvalue weighted by molar-refractivity contribution is 0.0636. The molecule has 1 aromatic carbocycles. The molecule has 1 aliphatic carbocycles. The minimum absolute atomic E-state index is 0.0103. The first-order chi connectivity index (χ1) is 9.30. The van der Waals surface area contributed by atoms with Crippen LogP contribution in [0.25, 0.3) is 0 Å². The van der Waals surface area contributed by atoms with Gasteiger partial charge < -0.3 is 10.6 Å². The van der Waals surface area contributed by atoms with Crippen molar-refractivity contribution in [2.24, 2.45) is 5.41 Å². The van der Waals surface area contributed by atoms with E-state index in [4.69, 9.17) is 17.3 Å². The molecule has 20 heavy (non-hydrogen) atoms. The van der Waals surface area contributed by atoms with Gasteiger partial charge in [-0.2, -0.15) is 0 Å². The number of nitrogens with zero attached hydrogens (tertiary/aromatic N) is 1. The lowest BCUT2D eigenvalue weighted by Crippen LogP contribution is -2.41. The summed E-state index contributed by atoms with van der Waals surface area (Å²) in [5.74, 6) is -0.0103. The van der Waals surface area contributed by atoms with Crippen LogP contribution in [-0.2, 0) is 0 Å². The number of halogens is 1. The van der Waals surface area contributed by atoms with Gasteiger partial charge in [0.15, 0.2) is 0 Å². The van der Waals surface area contributed by atoms with Gasteiger partial charge in [0.05, 0.1) is 5.56 Å². The molecule has 0 heterocycles. The molecule has 2 rings (SSSR count). The highest BCUT2D eigenvalue weighted by atomic mass is 35.5. The molecule has 1 amide bonds. The van der Waals surface area contributed by atoms with Crippen LogP contribution < -0.4 is 5.73 Å². The van der Waals surface area contributed by atoms with Crippen LogP contribution in [0, 0.1) is 5.41 Å². The Labute approximate surface area is 126 Å². The number of carbonyl (C=O) groups is 1. The lowest BCUT2D eigenvalue weighted by Gasteiger charge is -2.38. The molecule has 0 aromatic heterocycles. The molecule has 0 unspecified atom stereocenters. The maximum absolute atomic E-state index is 12.5. The van der Waals surface area contributed by atoms with Crippen molar-refractivity contribution in [3.05, 3.63) is 28.8 Å². The Morgan fingerprint density at radius 3 is 2.50 bits per heavy atom. The fraction of sp³-hybridized carbons (Fsp3) is 0.562. The molecule has 1 fully saturated rings. The molecule has 1 aliphatic rings. The zero-order valence-electron chi connectivity index (χ0n) is 12.4. The Morgan fingerprint density at radius 1 is 1.35 bits per heavy atom. The van der Waals surface area contributed by atoms with E-state index in [1.807, 2.05) is 11.9 Å². The van der Waals surface area contributed by atoms with Crippen LogP contribution in [0.1, 0.15) is 49.9 Å². The number of amides is 1. The van der Waals surface area contributed by atoms with Crippen molar-refractivity contribution in [1.29, 1.82) is 0 Å². The lowest BCUT2D eigenvalue weighted by atomic mass is 9.75. The monoisotopic (exact) mass is 294 g/mol. The number of benzene rings is 1. The quantitative estimate of drug-likeness (QED) is 0.839. The molecule has 0 aliphatic heterocycles. The first-order valence-electron chi connectivity index (χ1n) is 7.12. The predicted molar refractivity (Wildman–Crippen MR) is 84.0 cm³/mol. The normalized spacial score (nSPS) is 18.8. The van der Waals surface area contributed by atoms with Crippen LogP contribution in [0.4, 0.5) is 5.69 Å². The molecule has 110 valence electrons. The van der Waals surface area contributed by atoms with E-state index in [0.717, 1.165) is 25.7 Å². The van der Waals surface area contributed by atoms with Crippen molar-refractivity contribution in [1.82, 2.24) is 4.90 Å². The number of hydrogen-bond acceptors (Lipinski definition) is 2. The van der Waals surface area contributed by atoms with Gasteiger partial charge >= 0.3 is 0 Å². The second-order valence-electron chi connectivity index (χ2n) is 6.54. The van der Waals surface area contributed by atoms with Crippen LogP contribution in [0.15, 0.2) is 18.2 Å². The predicted octanol–water partition coefficient (Wildman–Crippen LogP) is 3.96. The van der Waals surface area contributed by atoms with E-state index in [0.29, 0.717) is 27.7 Å². The SMILES string of the molecule is CN(C(=O)c1ccc(Cl)cc1N)C1CCC(C)(C)CC1. The van der Waals surface area contributed by atoms with Crippen molar-refractivity contribution in [3.8, 4) is 0 Å². The van der Waals surface area contributed by atoms with Gasteiger partial charge in [0, 0.05) is 23.8 Å². The van der Waals surface area contributed by atoms with Gasteiger partial charge in [-0.1, -0.05) is 25.4 Å². The van der Waals surface area contributed by atoms with Crippen molar-refractivity contribution < 1.29 is 4.79 Å². The molecular formula is C16H23ClN2O. The summed E-state index contributed by atoms with van der Waals surface area (Å²) >= 11 is 5.88. The third kappa shape index (κ3) is 3.26. The Bertz CT molecular complexity index is 503. The zero-order chi connectivity index (χ0) is 14.9. The first kappa shape index (κ1) is 15.2. The van der Waals surface area contributed by atoms with Gasteiger partial charge in [-0.15, -0.1) is 0 Å². The largest absolute Gasteiger partial charge is 0.398 e. The molecular weight excluding hydrogens is 272 g/mol. The second kappa shape index (κ2) is 5.65. The summed E-state index contributed by atoms with van der Waals surface area (Å²) in [7, 11) is 1.87. The molecule has 3 nitrogen and oxygen atoms in total. The molecule has 0 atom stereocenters. The van der Waals surface area contributed by atoms with Gasteiger partial charge in [0.1, 0.15) is 0 Å². The minimum atomic E-state index is -0.0103. The fourth-order valence-corrected chi connectivity index (χ4v) is 3.04. The number of rotatable bonds is 2. The summed E-state index contributed by atoms with van der Waals surface area (Å²) in [6.45, 7) is 4.59. The van der Waals surface area contributed by atoms with Crippen LogP contribution in [-0.4, -0.2) is 23.9 Å². The molecule has 1 saturated carbocycles. The summed E-state index contributed by atoms with van der Waals surface area (Å²) in [5.41, 5.74) is 7.30. The van der Waals surface area contributed by atoms with E-state index in [9.17, 15) is 4.79 Å². The van der Waals surface area contributed by atoms with E-state index < -0.39 is 0 Å². The zero-order valence-corrected chi connectivity index (χ0v) is 13.2. The number of hydrogen-bond donors (Lipinski definition) is 1. The highest BCUT2D eigenvalue weighted by Gasteiger charge is 2.31. The third-order valence-electron chi connectivity index (χ3n) is 4.42. The summed E-state index contributed by atoms with van der Waals surface area (Å²) in [5, 5.41) is 0.557. The number of anilines is 1. The summed E-state index contributed by atoms with van der Waals surface area (Å²) in [4.78, 5) is 14.4. The first-order valence-corrected chi connectivity index (χ1v) is 7.50. The van der Waals surface area contributed by atoms with Gasteiger partial charge in [-0.3, -0.25) is 4.79 Å². The molecule has 0 spiro atoms. The molecule has 0 radical (unpaired) electrons. The Balaban J connectivity index is 2.09. The van der Waals surface area contributed by atoms with E-state index in [1.54, 1.807) is 18.2 Å². The molecule has 0 bridgehead atoms. The van der Waals surface area contributed by atoms with Crippen molar-refractivity contribution in [2.75, 3.05) is 12.8 Å². The van der Waals surface area contributed by atoms with Crippen molar-refractivity contribution in [3.63, 3.8) is 0 Å². The van der Waals surface area contributed by atoms with Gasteiger partial charge in [-0.25, -0.2) is 0 Å². The van der Waals surface area contributed by atoms with Gasteiger partial charge in [-0.05, 0) is 49.3 Å². The highest BCUT2D eigenvalue weighted by Crippen LogP contribution is 2.37. The van der Waals surface area contributed by atoms with Crippen LogP contribution >= 0.6 is 11.6 Å². The summed E-state index contributed by atoms with van der Waals surface area (Å²) < 4.78 is 0. The molecule has 0 saturated heterocycles. The average Bonchev–Trinajstić information content (AvgIpc) is 2.37. The minimum Gasteiger partial charge on any atom is -0.398 e. The maximum Gasteiger partial charge on any atom is 0.255 e. The summed E-state index contributed by atoms with van der Waals surface area (Å²) in [6.07, 6.45) is 4.43. The number of nitrogens with two attached hydrogens (primary N) is 1. The van der Waals surface area contributed by atoms with Crippen LogP contribution in [0.2, 0.25) is 5.02 Å². The van der Waals surface area contributed by atoms with E-state index in [-0.39, 0.29) is 5.91 Å². The third-order valence-corrected chi connectivity index (χ3v) is 4.66. The Kier molecular flexibility index (Phi) is 4.28. The van der Waals surface area contributed by atoms with E-state index in [2.05, 4.69) is 13.8 Å². The summed E-state index contributed by atoms with van der Waals surface area (Å²) in [6, 6.07) is 5.37. The topological polar surface area (TPSA) is 46.3 Å². The standard InChI is InChI=1S/C16H23ClN2O/c1-16(2)8-6-12(7-9-16)19(3)15(20)13-5-4-11(17)10-14(13)18/h4-5,10,12H,6-9,18H2,1-3H3. The fourth-order valence-electron chi connectivity index (χ4n) is 2.86. The Hall–Kier alpha value is -1.22. The van der Waals surface area contributed by atoms with E-state index in [1.165, 1.54) is 0 Å². The van der Waals surface area contributed by atoms with Crippen molar-refractivity contribution >= 4 is 23.2 Å². The molecule has 2 N–H and O–H groups in total. The van der Waals surface area contributed by atoms with Gasteiger partial charge in [0.2, 0.25) is 0 Å². The van der Waals surface area contributed by atoms with Crippen LogP contribution in [0.5, 0.6) is 0 Å². The average molecular weight is 295 g/mol. The number of carbonyl (C=O) groups excluding carboxylic acids is 1. The second-order valence-corrected chi connectivity index (χ2v) is 6.98. The number of nitrogen functional groups attached to an aromatic ring is 1. The van der Waals surface area contributed by atoms with Crippen LogP contribution in [0.3, 0.4) is 0 Å². The van der Waals surface area contributed by atoms with Crippen molar-refractivity contribution in [2.45, 2.75) is 45.6 Å². The highest BCUT2D eigenvalue weighted by molar-refractivity contribution is 6.31. The molecule has 4 heteroatoms. The van der Waals surface area contributed by atoms with E-state index >= 15 is 0 Å².